The molecule has 1 saturated carbocycles. The molecule has 19 heteroatoms. The highest BCUT2D eigenvalue weighted by molar-refractivity contribution is 7.10. The molecule has 3 amide bonds. The number of alkyl halides is 3. The van der Waals surface area contributed by atoms with Gasteiger partial charge < -0.3 is 29.6 Å². The number of hydrazine groups is 1. The van der Waals surface area contributed by atoms with Gasteiger partial charge in [-0.05, 0) is 94.2 Å². The van der Waals surface area contributed by atoms with E-state index in [0.717, 1.165) is 51.6 Å². The summed E-state index contributed by atoms with van der Waals surface area (Å²) in [6.07, 6.45) is 3.38. The normalized spacial score (nSPS) is 26.4. The molecule has 1 spiro atoms. The Morgan fingerprint density at radius 2 is 1.84 bits per heavy atom. The molecule has 70 heavy (non-hydrogen) atoms. The van der Waals surface area contributed by atoms with Gasteiger partial charge in [-0.15, -0.1) is 11.3 Å². The van der Waals surface area contributed by atoms with Crippen molar-refractivity contribution in [3.63, 3.8) is 0 Å². The lowest BCUT2D eigenvalue weighted by atomic mass is 9.84. The number of benzene rings is 1. The van der Waals surface area contributed by atoms with Gasteiger partial charge in [0.1, 0.15) is 18.6 Å². The molecule has 6 bridgehead atoms. The first-order chi connectivity index (χ1) is 33.5. The molecule has 6 atom stereocenters. The van der Waals surface area contributed by atoms with E-state index in [1.165, 1.54) is 28.0 Å². The summed E-state index contributed by atoms with van der Waals surface area (Å²) >= 11 is 1.35. The first kappa shape index (κ1) is 48.7. The lowest BCUT2D eigenvalue weighted by Crippen LogP contribution is -2.62. The molecular weight excluding hydrogens is 924 g/mol. The Morgan fingerprint density at radius 1 is 1.06 bits per heavy atom. The number of cyclic esters (lactones) is 1. The SMILES string of the molecule is CO[C@@H](C)c1ncccc1-c1c2c3cc(ccc3n1CC(F)(F)F)-c1csc(n1)C[C@H](NC(=O)[C@H](C1CCCC1)N1CC[C@]3(CCN(C(=O)[C@H]4CN4)C3)C1)C(=O)N1CCC[C@H](N1)C(=O)OCC(C)(C)C2. The van der Waals surface area contributed by atoms with Gasteiger partial charge in [0, 0.05) is 90.7 Å². The van der Waals surface area contributed by atoms with E-state index in [4.69, 9.17) is 14.5 Å². The molecule has 5 aliphatic heterocycles. The summed E-state index contributed by atoms with van der Waals surface area (Å²) in [6, 6.07) is 6.41. The fraction of sp³-hybridized carbons (Fsp3) is 0.608. The summed E-state index contributed by atoms with van der Waals surface area (Å²) in [5.41, 5.74) is 5.92. The predicted molar refractivity (Wildman–Crippen MR) is 257 cm³/mol. The molecule has 15 nitrogen and oxygen atoms in total. The third-order valence-electron chi connectivity index (χ3n) is 15.6. The van der Waals surface area contributed by atoms with E-state index >= 15 is 0 Å². The average molecular weight is 988 g/mol. The molecule has 3 N–H and O–H groups in total. The smallest absolute Gasteiger partial charge is 0.406 e. The standard InChI is InChI=1S/C51H64F3N9O6S/c1-30(68-4)42-33(11-7-17-55-42)44-35-23-49(2,3)29-69-48(67)36-12-8-18-63(59-36)47(66)37(22-41-57-39(25-70-41)32-13-14-40(34(35)21-32)62(44)28-51(52,53)54)58-45(64)43(31-9-5-6-10-31)60-19-15-50(26-60)16-20-61(27-50)46(65)38-24-56-38/h7,11,13-14,17,21,25,30-31,36-38,43,56,59H,5-6,8-10,12,15-16,18-20,22-24,26-29H2,1-4H3,(H,58,64)/t30-,36-,37-,38+,43-,50-/m0/s1. The first-order valence-electron chi connectivity index (χ1n) is 24.9. The topological polar surface area (TPSA) is 173 Å². The second-order valence-electron chi connectivity index (χ2n) is 21.4. The molecule has 0 unspecified atom stereocenters. The Morgan fingerprint density at radius 3 is 2.60 bits per heavy atom. The molecule has 6 aliphatic rings. The summed E-state index contributed by atoms with van der Waals surface area (Å²) in [6.45, 7) is 8.20. The summed E-state index contributed by atoms with van der Waals surface area (Å²) in [7, 11) is 1.53. The third-order valence-corrected chi connectivity index (χ3v) is 16.5. The van der Waals surface area contributed by atoms with Gasteiger partial charge in [0.15, 0.2) is 0 Å². The fourth-order valence-electron chi connectivity index (χ4n) is 11.9. The van der Waals surface area contributed by atoms with Gasteiger partial charge in [-0.1, -0.05) is 32.8 Å². The van der Waals surface area contributed by atoms with Crippen LogP contribution in [0.3, 0.4) is 0 Å². The minimum atomic E-state index is -4.57. The van der Waals surface area contributed by atoms with Crippen molar-refractivity contribution in [1.29, 1.82) is 0 Å². The molecule has 8 heterocycles. The van der Waals surface area contributed by atoms with E-state index in [0.29, 0.717) is 88.7 Å². The number of hydrogen-bond donors (Lipinski definition) is 3. The Labute approximate surface area is 410 Å². The number of pyridine rings is 1. The van der Waals surface area contributed by atoms with E-state index in [1.54, 1.807) is 37.4 Å². The van der Waals surface area contributed by atoms with Gasteiger partial charge in [-0.2, -0.15) is 13.2 Å². The fourth-order valence-corrected chi connectivity index (χ4v) is 12.8. The van der Waals surface area contributed by atoms with Crippen molar-refractivity contribution in [3.8, 4) is 22.5 Å². The van der Waals surface area contributed by atoms with Crippen LogP contribution in [0.15, 0.2) is 41.9 Å². The summed E-state index contributed by atoms with van der Waals surface area (Å²) < 4.78 is 57.2. The van der Waals surface area contributed by atoms with E-state index in [1.807, 2.05) is 30.2 Å². The quantitative estimate of drug-likeness (QED) is 0.129. The number of ether oxygens (including phenoxy) is 2. The molecular formula is C51H64F3N9O6S. The Kier molecular flexibility index (Phi) is 13.4. The zero-order valence-corrected chi connectivity index (χ0v) is 41.2. The van der Waals surface area contributed by atoms with Crippen LogP contribution in [0.1, 0.15) is 94.5 Å². The molecule has 1 aliphatic carbocycles. The van der Waals surface area contributed by atoms with Crippen LogP contribution in [0.5, 0.6) is 0 Å². The number of fused-ring (bicyclic) bond motifs is 6. The van der Waals surface area contributed by atoms with Crippen molar-refractivity contribution in [2.24, 2.45) is 16.7 Å². The molecule has 4 aromatic rings. The Balaban J connectivity index is 1.01. The summed E-state index contributed by atoms with van der Waals surface area (Å²) in [5, 5.41) is 10.9. The van der Waals surface area contributed by atoms with Crippen LogP contribution in [0.25, 0.3) is 33.4 Å². The number of nitrogens with zero attached hydrogens (tertiary/aromatic N) is 6. The maximum Gasteiger partial charge on any atom is 0.406 e. The van der Waals surface area contributed by atoms with Crippen LogP contribution in [-0.2, 0) is 48.0 Å². The molecule has 0 radical (unpaired) electrons. The van der Waals surface area contributed by atoms with Crippen molar-refractivity contribution in [1.82, 2.24) is 45.4 Å². The minimum Gasteiger partial charge on any atom is -0.464 e. The second-order valence-corrected chi connectivity index (χ2v) is 22.4. The van der Waals surface area contributed by atoms with Gasteiger partial charge in [-0.25, -0.2) is 10.4 Å². The average Bonchev–Trinajstić information content (AvgIpc) is 3.78. The number of carbonyl (C=O) groups is 4. The number of thiazole rings is 1. The van der Waals surface area contributed by atoms with E-state index in [-0.39, 0.29) is 54.5 Å². The minimum absolute atomic E-state index is 0.0576. The maximum absolute atomic E-state index is 15.0. The lowest BCUT2D eigenvalue weighted by Gasteiger charge is -2.37. The van der Waals surface area contributed by atoms with Crippen molar-refractivity contribution in [2.45, 2.75) is 128 Å². The van der Waals surface area contributed by atoms with Gasteiger partial charge in [0.2, 0.25) is 11.8 Å². The number of carbonyl (C=O) groups excluding carboxylic acids is 4. The number of rotatable bonds is 9. The first-order valence-corrected chi connectivity index (χ1v) is 25.8. The number of esters is 1. The maximum atomic E-state index is 15.0. The highest BCUT2D eigenvalue weighted by atomic mass is 32.1. The molecule has 5 fully saturated rings. The monoisotopic (exact) mass is 987 g/mol. The van der Waals surface area contributed by atoms with Crippen LogP contribution >= 0.6 is 11.3 Å². The van der Waals surface area contributed by atoms with Crippen molar-refractivity contribution in [3.05, 3.63) is 58.2 Å². The van der Waals surface area contributed by atoms with Gasteiger partial charge in [0.05, 0.1) is 46.9 Å². The Bertz CT molecular complexity index is 2640. The van der Waals surface area contributed by atoms with Crippen LogP contribution in [0.2, 0.25) is 0 Å². The summed E-state index contributed by atoms with van der Waals surface area (Å²) in [4.78, 5) is 70.8. The second kappa shape index (κ2) is 19.2. The van der Waals surface area contributed by atoms with Crippen LogP contribution in [-0.4, -0.2) is 136 Å². The van der Waals surface area contributed by atoms with E-state index in [9.17, 15) is 32.3 Å². The van der Waals surface area contributed by atoms with Gasteiger partial charge in [-0.3, -0.25) is 34.1 Å². The van der Waals surface area contributed by atoms with Crippen LogP contribution in [0.4, 0.5) is 13.2 Å². The predicted octanol–water partition coefficient (Wildman–Crippen LogP) is 6.20. The van der Waals surface area contributed by atoms with Crippen molar-refractivity contribution >= 4 is 45.9 Å². The highest BCUT2D eigenvalue weighted by Crippen LogP contribution is 2.45. The van der Waals surface area contributed by atoms with Crippen LogP contribution < -0.4 is 16.1 Å². The van der Waals surface area contributed by atoms with E-state index < -0.39 is 48.3 Å². The molecule has 4 saturated heterocycles. The highest BCUT2D eigenvalue weighted by Gasteiger charge is 2.50. The third kappa shape index (κ3) is 9.97. The molecule has 1 aromatic carbocycles. The largest absolute Gasteiger partial charge is 0.464 e. The molecule has 10 rings (SSSR count). The zero-order valence-electron chi connectivity index (χ0n) is 40.4. The number of halogens is 3. The van der Waals surface area contributed by atoms with Crippen molar-refractivity contribution in [2.75, 3.05) is 53.0 Å². The zero-order chi connectivity index (χ0) is 49.1. The molecule has 376 valence electrons. The lowest BCUT2D eigenvalue weighted by molar-refractivity contribution is -0.155. The molecule has 3 aromatic heterocycles. The number of amides is 3. The Hall–Kier alpha value is -4.95. The number of likely N-dealkylation sites (tertiary alicyclic amines) is 2. The number of methoxy groups -OCH3 is 1. The number of aromatic nitrogens is 3. The van der Waals surface area contributed by atoms with Gasteiger partial charge >= 0.3 is 12.1 Å². The summed E-state index contributed by atoms with van der Waals surface area (Å²) in [5.74, 6) is -0.868. The van der Waals surface area contributed by atoms with E-state index in [2.05, 4.69) is 25.9 Å². The number of hydrogen-bond acceptors (Lipinski definition) is 12. The van der Waals surface area contributed by atoms with Gasteiger partial charge in [0.25, 0.3) is 5.91 Å². The van der Waals surface area contributed by atoms with Crippen molar-refractivity contribution < 1.29 is 41.8 Å². The van der Waals surface area contributed by atoms with Crippen LogP contribution in [0, 0.1) is 16.7 Å². The number of nitrogens with one attached hydrogen (secondary N) is 3.